The van der Waals surface area contributed by atoms with E-state index in [-0.39, 0.29) is 17.2 Å². The zero-order valence-electron chi connectivity index (χ0n) is 14.1. The summed E-state index contributed by atoms with van der Waals surface area (Å²) in [7, 11) is 0. The molecule has 1 aromatic heterocycles. The normalized spacial score (nSPS) is 14.9. The summed E-state index contributed by atoms with van der Waals surface area (Å²) in [4.78, 5) is 31.0. The average molecular weight is 379 g/mol. The predicted molar refractivity (Wildman–Crippen MR) is 90.8 cm³/mol. The fraction of sp³-hybridized carbons (Fsp3) is 0.278. The van der Waals surface area contributed by atoms with Gasteiger partial charge in [0.05, 0.1) is 5.56 Å². The first kappa shape index (κ1) is 18.7. The van der Waals surface area contributed by atoms with E-state index in [1.807, 2.05) is 4.90 Å². The molecule has 9 heteroatoms. The summed E-state index contributed by atoms with van der Waals surface area (Å²) in [5, 5.41) is 9.01. The number of hydrogen-bond acceptors (Lipinski definition) is 4. The van der Waals surface area contributed by atoms with Gasteiger partial charge in [-0.25, -0.2) is 9.78 Å². The van der Waals surface area contributed by atoms with Crippen LogP contribution in [0.2, 0.25) is 0 Å². The van der Waals surface area contributed by atoms with Crippen molar-refractivity contribution in [3.05, 3.63) is 59.3 Å². The third-order valence-corrected chi connectivity index (χ3v) is 4.30. The smallest absolute Gasteiger partial charge is 0.416 e. The molecule has 0 bridgehead atoms. The lowest BCUT2D eigenvalue weighted by Gasteiger charge is -2.35. The molecule has 0 saturated carbocycles. The molecule has 142 valence electrons. The van der Waals surface area contributed by atoms with E-state index in [0.29, 0.717) is 32.0 Å². The predicted octanol–water partition coefficient (Wildman–Crippen LogP) is 2.76. The van der Waals surface area contributed by atoms with Crippen LogP contribution >= 0.6 is 0 Å². The van der Waals surface area contributed by atoms with E-state index in [4.69, 9.17) is 5.11 Å². The standard InChI is InChI=1S/C18H16F3N3O3/c19-18(20,21)13-6-4-12(5-7-13)16(25)24-10-8-23(9-11-24)15-3-1-2-14(22-15)17(26)27/h1-7H,8-11H2,(H,26,27). The molecule has 0 radical (unpaired) electrons. The number of pyridine rings is 1. The summed E-state index contributed by atoms with van der Waals surface area (Å²) in [6.45, 7) is 1.61. The number of benzene rings is 1. The fourth-order valence-corrected chi connectivity index (χ4v) is 2.84. The quantitative estimate of drug-likeness (QED) is 0.888. The SMILES string of the molecule is O=C(O)c1cccc(N2CCN(C(=O)c3ccc(C(F)(F)F)cc3)CC2)n1. The van der Waals surface area contributed by atoms with E-state index < -0.39 is 17.7 Å². The Bertz CT molecular complexity index is 845. The Kier molecular flexibility index (Phi) is 5.02. The first-order valence-electron chi connectivity index (χ1n) is 8.17. The van der Waals surface area contributed by atoms with Crippen LogP contribution in [-0.4, -0.2) is 53.0 Å². The fourth-order valence-electron chi connectivity index (χ4n) is 2.84. The van der Waals surface area contributed by atoms with Gasteiger partial charge in [-0.05, 0) is 36.4 Å². The molecule has 1 saturated heterocycles. The Morgan fingerprint density at radius 2 is 1.59 bits per heavy atom. The van der Waals surface area contributed by atoms with Crippen molar-refractivity contribution in [2.45, 2.75) is 6.18 Å². The molecule has 1 N–H and O–H groups in total. The van der Waals surface area contributed by atoms with E-state index in [2.05, 4.69) is 4.98 Å². The van der Waals surface area contributed by atoms with Crippen molar-refractivity contribution in [3.63, 3.8) is 0 Å². The number of carbonyl (C=O) groups is 2. The van der Waals surface area contributed by atoms with Crippen LogP contribution < -0.4 is 4.90 Å². The first-order valence-corrected chi connectivity index (χ1v) is 8.17. The number of carboxylic acids is 1. The summed E-state index contributed by atoms with van der Waals surface area (Å²) in [5.41, 5.74) is -0.661. The maximum Gasteiger partial charge on any atom is 0.416 e. The number of carbonyl (C=O) groups excluding carboxylic acids is 1. The molecule has 1 aliphatic heterocycles. The molecule has 0 spiro atoms. The van der Waals surface area contributed by atoms with Crippen molar-refractivity contribution < 1.29 is 27.9 Å². The van der Waals surface area contributed by atoms with Gasteiger partial charge in [0.2, 0.25) is 0 Å². The molecule has 3 rings (SSSR count). The highest BCUT2D eigenvalue weighted by atomic mass is 19.4. The van der Waals surface area contributed by atoms with Crippen molar-refractivity contribution in [1.29, 1.82) is 0 Å². The number of carboxylic acid groups (broad SMARTS) is 1. The van der Waals surface area contributed by atoms with E-state index in [1.165, 1.54) is 18.2 Å². The molecule has 0 atom stereocenters. The lowest BCUT2D eigenvalue weighted by Crippen LogP contribution is -2.49. The van der Waals surface area contributed by atoms with Crippen molar-refractivity contribution in [2.24, 2.45) is 0 Å². The third-order valence-electron chi connectivity index (χ3n) is 4.30. The van der Waals surface area contributed by atoms with Crippen LogP contribution in [0.4, 0.5) is 19.0 Å². The van der Waals surface area contributed by atoms with Crippen molar-refractivity contribution >= 4 is 17.7 Å². The van der Waals surface area contributed by atoms with Crippen LogP contribution in [-0.2, 0) is 6.18 Å². The highest BCUT2D eigenvalue weighted by Gasteiger charge is 2.30. The lowest BCUT2D eigenvalue weighted by atomic mass is 10.1. The van der Waals surface area contributed by atoms with Gasteiger partial charge < -0.3 is 14.9 Å². The van der Waals surface area contributed by atoms with Crippen LogP contribution in [0, 0.1) is 0 Å². The number of aromatic carboxylic acids is 1. The Balaban J connectivity index is 1.64. The van der Waals surface area contributed by atoms with Crippen molar-refractivity contribution in [2.75, 3.05) is 31.1 Å². The lowest BCUT2D eigenvalue weighted by molar-refractivity contribution is -0.137. The topological polar surface area (TPSA) is 73.7 Å². The van der Waals surface area contributed by atoms with Crippen molar-refractivity contribution in [3.8, 4) is 0 Å². The molecular weight excluding hydrogens is 363 g/mol. The van der Waals surface area contributed by atoms with Crippen LogP contribution in [0.3, 0.4) is 0 Å². The number of halogens is 3. The third kappa shape index (κ3) is 4.18. The number of hydrogen-bond donors (Lipinski definition) is 1. The second-order valence-corrected chi connectivity index (χ2v) is 6.04. The summed E-state index contributed by atoms with van der Waals surface area (Å²) in [6, 6.07) is 8.84. The van der Waals surface area contributed by atoms with Crippen LogP contribution in [0.1, 0.15) is 26.4 Å². The highest BCUT2D eigenvalue weighted by molar-refractivity contribution is 5.94. The average Bonchev–Trinajstić information content (AvgIpc) is 2.67. The maximum absolute atomic E-state index is 12.6. The molecule has 1 aliphatic rings. The molecule has 27 heavy (non-hydrogen) atoms. The molecule has 1 amide bonds. The van der Waals surface area contributed by atoms with E-state index in [0.717, 1.165) is 12.1 Å². The zero-order chi connectivity index (χ0) is 19.6. The molecule has 0 aliphatic carbocycles. The van der Waals surface area contributed by atoms with Gasteiger partial charge in [0.25, 0.3) is 5.91 Å². The van der Waals surface area contributed by atoms with E-state index in [9.17, 15) is 22.8 Å². The zero-order valence-corrected chi connectivity index (χ0v) is 14.1. The minimum Gasteiger partial charge on any atom is -0.477 e. The summed E-state index contributed by atoms with van der Waals surface area (Å²) in [5.74, 6) is -0.944. The Morgan fingerprint density at radius 1 is 0.963 bits per heavy atom. The van der Waals surface area contributed by atoms with Crippen molar-refractivity contribution in [1.82, 2.24) is 9.88 Å². The largest absolute Gasteiger partial charge is 0.477 e. The number of aromatic nitrogens is 1. The van der Waals surface area contributed by atoms with Gasteiger partial charge in [0.1, 0.15) is 5.82 Å². The Labute approximate surface area is 152 Å². The van der Waals surface area contributed by atoms with Gasteiger partial charge in [-0.2, -0.15) is 13.2 Å². The molecule has 1 aromatic carbocycles. The van der Waals surface area contributed by atoms with Gasteiger partial charge in [0, 0.05) is 31.7 Å². The molecule has 6 nitrogen and oxygen atoms in total. The summed E-state index contributed by atoms with van der Waals surface area (Å²) in [6.07, 6.45) is -4.44. The van der Waals surface area contributed by atoms with Crippen LogP contribution in [0.25, 0.3) is 0 Å². The molecule has 2 heterocycles. The molecular formula is C18H16F3N3O3. The van der Waals surface area contributed by atoms with Gasteiger partial charge >= 0.3 is 12.1 Å². The number of alkyl halides is 3. The Morgan fingerprint density at radius 3 is 2.15 bits per heavy atom. The summed E-state index contributed by atoms with van der Waals surface area (Å²) < 4.78 is 37.8. The number of amides is 1. The first-order chi connectivity index (χ1) is 12.8. The molecule has 0 unspecified atom stereocenters. The van der Waals surface area contributed by atoms with Crippen LogP contribution in [0.15, 0.2) is 42.5 Å². The molecule has 1 fully saturated rings. The van der Waals surface area contributed by atoms with Gasteiger partial charge in [-0.3, -0.25) is 4.79 Å². The minimum absolute atomic E-state index is 0.0595. The van der Waals surface area contributed by atoms with Gasteiger partial charge in [-0.15, -0.1) is 0 Å². The van der Waals surface area contributed by atoms with Gasteiger partial charge in [0.15, 0.2) is 5.69 Å². The Hall–Kier alpha value is -3.10. The van der Waals surface area contributed by atoms with E-state index in [1.54, 1.807) is 17.0 Å². The minimum atomic E-state index is -4.44. The second-order valence-electron chi connectivity index (χ2n) is 6.04. The van der Waals surface area contributed by atoms with Crippen LogP contribution in [0.5, 0.6) is 0 Å². The molecule has 2 aromatic rings. The summed E-state index contributed by atoms with van der Waals surface area (Å²) >= 11 is 0. The number of rotatable bonds is 3. The maximum atomic E-state index is 12.6. The number of piperazine rings is 1. The van der Waals surface area contributed by atoms with Gasteiger partial charge in [-0.1, -0.05) is 6.07 Å². The van der Waals surface area contributed by atoms with E-state index >= 15 is 0 Å². The second kappa shape index (κ2) is 7.26. The number of nitrogens with zero attached hydrogens (tertiary/aromatic N) is 3. The monoisotopic (exact) mass is 379 g/mol. The highest BCUT2D eigenvalue weighted by Crippen LogP contribution is 2.29. The number of anilines is 1.